The first-order valence-corrected chi connectivity index (χ1v) is 5.94. The third-order valence-corrected chi connectivity index (χ3v) is 3.42. The third-order valence-electron chi connectivity index (χ3n) is 3.42. The first-order valence-electron chi connectivity index (χ1n) is 5.94. The Morgan fingerprint density at radius 1 is 1.31 bits per heavy atom. The van der Waals surface area contributed by atoms with E-state index in [1.54, 1.807) is 0 Å². The Labute approximate surface area is 97.3 Å². The number of fused-ring (bicyclic) bond motifs is 1. The van der Waals surface area contributed by atoms with Gasteiger partial charge in [-0.3, -0.25) is 4.79 Å². The van der Waals surface area contributed by atoms with Gasteiger partial charge < -0.3 is 4.90 Å². The van der Waals surface area contributed by atoms with E-state index in [-0.39, 0.29) is 0 Å². The van der Waals surface area contributed by atoms with Crippen molar-refractivity contribution in [3.05, 3.63) is 29.3 Å². The Morgan fingerprint density at radius 2 is 2.06 bits per heavy atom. The molecule has 0 amide bonds. The molecule has 0 saturated carbocycles. The number of nitrogens with zero attached hydrogens (tertiary/aromatic N) is 1. The SMILES string of the molecule is CC1CCCC(=O)c2ccc(N(C)C)cc21. The third kappa shape index (κ3) is 1.97. The summed E-state index contributed by atoms with van der Waals surface area (Å²) in [5.41, 5.74) is 3.35. The van der Waals surface area contributed by atoms with Crippen molar-refractivity contribution in [1.29, 1.82) is 0 Å². The van der Waals surface area contributed by atoms with Crippen molar-refractivity contribution in [3.8, 4) is 0 Å². The molecule has 86 valence electrons. The highest BCUT2D eigenvalue weighted by atomic mass is 16.1. The van der Waals surface area contributed by atoms with Crippen LogP contribution in [-0.2, 0) is 0 Å². The van der Waals surface area contributed by atoms with Gasteiger partial charge in [0.25, 0.3) is 0 Å². The second kappa shape index (κ2) is 4.28. The van der Waals surface area contributed by atoms with E-state index in [4.69, 9.17) is 0 Å². The van der Waals surface area contributed by atoms with E-state index < -0.39 is 0 Å². The minimum absolute atomic E-state index is 0.310. The molecule has 2 rings (SSSR count). The lowest BCUT2D eigenvalue weighted by Gasteiger charge is -2.17. The largest absolute Gasteiger partial charge is 0.378 e. The smallest absolute Gasteiger partial charge is 0.163 e. The maximum atomic E-state index is 11.9. The van der Waals surface area contributed by atoms with Crippen LogP contribution in [0.5, 0.6) is 0 Å². The Hall–Kier alpha value is -1.31. The molecule has 2 nitrogen and oxygen atoms in total. The Balaban J connectivity index is 2.50. The van der Waals surface area contributed by atoms with E-state index in [1.165, 1.54) is 11.3 Å². The lowest BCUT2D eigenvalue weighted by molar-refractivity contribution is 0.0982. The van der Waals surface area contributed by atoms with Gasteiger partial charge in [0, 0.05) is 31.8 Å². The molecule has 1 aliphatic carbocycles. The zero-order valence-electron chi connectivity index (χ0n) is 10.3. The molecule has 1 atom stereocenters. The maximum absolute atomic E-state index is 11.9. The van der Waals surface area contributed by atoms with E-state index in [0.29, 0.717) is 18.1 Å². The number of ketones is 1. The molecule has 1 aliphatic rings. The van der Waals surface area contributed by atoms with Crippen LogP contribution in [-0.4, -0.2) is 19.9 Å². The lowest BCUT2D eigenvalue weighted by atomic mass is 9.93. The van der Waals surface area contributed by atoms with Crippen molar-refractivity contribution >= 4 is 11.5 Å². The predicted molar refractivity (Wildman–Crippen MR) is 67.4 cm³/mol. The summed E-state index contributed by atoms with van der Waals surface area (Å²) in [6.07, 6.45) is 2.85. The molecular formula is C14H19NO. The fourth-order valence-electron chi connectivity index (χ4n) is 2.35. The van der Waals surface area contributed by atoms with Crippen LogP contribution < -0.4 is 4.90 Å². The quantitative estimate of drug-likeness (QED) is 0.673. The summed E-state index contributed by atoms with van der Waals surface area (Å²) in [7, 11) is 4.07. The standard InChI is InChI=1S/C14H19NO/c1-10-5-4-6-14(16)12-8-7-11(15(2)3)9-13(10)12/h7-10H,4-6H2,1-3H3. The van der Waals surface area contributed by atoms with Gasteiger partial charge in [0.15, 0.2) is 5.78 Å². The molecule has 0 heterocycles. The fraction of sp³-hybridized carbons (Fsp3) is 0.500. The first kappa shape index (κ1) is 11.2. The second-order valence-corrected chi connectivity index (χ2v) is 4.88. The maximum Gasteiger partial charge on any atom is 0.163 e. The molecule has 0 aromatic heterocycles. The van der Waals surface area contributed by atoms with Gasteiger partial charge in [-0.15, -0.1) is 0 Å². The van der Waals surface area contributed by atoms with Crippen LogP contribution in [0.2, 0.25) is 0 Å². The van der Waals surface area contributed by atoms with Crippen molar-refractivity contribution in [2.45, 2.75) is 32.1 Å². The Morgan fingerprint density at radius 3 is 2.75 bits per heavy atom. The minimum Gasteiger partial charge on any atom is -0.378 e. The zero-order valence-corrected chi connectivity index (χ0v) is 10.3. The molecule has 0 spiro atoms. The average molecular weight is 217 g/mol. The highest BCUT2D eigenvalue weighted by Crippen LogP contribution is 2.32. The molecule has 0 N–H and O–H groups in total. The van der Waals surface area contributed by atoms with Crippen molar-refractivity contribution in [2.75, 3.05) is 19.0 Å². The average Bonchev–Trinajstić information content (AvgIpc) is 2.40. The van der Waals surface area contributed by atoms with Gasteiger partial charge in [0.2, 0.25) is 0 Å². The number of carbonyl (C=O) groups excluding carboxylic acids is 1. The van der Waals surface area contributed by atoms with Crippen molar-refractivity contribution < 1.29 is 4.79 Å². The molecular weight excluding hydrogens is 198 g/mol. The van der Waals surface area contributed by atoms with E-state index in [0.717, 1.165) is 18.4 Å². The van der Waals surface area contributed by atoms with Gasteiger partial charge in [-0.2, -0.15) is 0 Å². The molecule has 1 aromatic rings. The molecule has 0 saturated heterocycles. The molecule has 16 heavy (non-hydrogen) atoms. The second-order valence-electron chi connectivity index (χ2n) is 4.88. The number of hydrogen-bond donors (Lipinski definition) is 0. The molecule has 0 fully saturated rings. The lowest BCUT2D eigenvalue weighted by Crippen LogP contribution is -2.10. The van der Waals surface area contributed by atoms with Crippen molar-refractivity contribution in [2.24, 2.45) is 0 Å². The van der Waals surface area contributed by atoms with Crippen LogP contribution in [0.3, 0.4) is 0 Å². The summed E-state index contributed by atoms with van der Waals surface area (Å²) in [6, 6.07) is 6.20. The van der Waals surface area contributed by atoms with Crippen molar-refractivity contribution in [1.82, 2.24) is 0 Å². The number of benzene rings is 1. The van der Waals surface area contributed by atoms with Crippen LogP contribution >= 0.6 is 0 Å². The Bertz CT molecular complexity index is 409. The molecule has 0 aliphatic heterocycles. The summed E-state index contributed by atoms with van der Waals surface area (Å²) >= 11 is 0. The van der Waals surface area contributed by atoms with Crippen LogP contribution in [0.15, 0.2) is 18.2 Å². The van der Waals surface area contributed by atoms with Gasteiger partial charge in [-0.25, -0.2) is 0 Å². The van der Waals surface area contributed by atoms with Crippen molar-refractivity contribution in [3.63, 3.8) is 0 Å². The van der Waals surface area contributed by atoms with Gasteiger partial charge in [-0.1, -0.05) is 6.92 Å². The van der Waals surface area contributed by atoms with Gasteiger partial charge in [0.05, 0.1) is 0 Å². The van der Waals surface area contributed by atoms with E-state index in [9.17, 15) is 4.79 Å². The Kier molecular flexibility index (Phi) is 2.99. The molecule has 0 bridgehead atoms. The van der Waals surface area contributed by atoms with Crippen LogP contribution in [0.4, 0.5) is 5.69 Å². The first-order chi connectivity index (χ1) is 7.59. The molecule has 1 unspecified atom stereocenters. The highest BCUT2D eigenvalue weighted by molar-refractivity contribution is 5.98. The number of anilines is 1. The van der Waals surface area contributed by atoms with Crippen LogP contribution in [0.25, 0.3) is 0 Å². The van der Waals surface area contributed by atoms with Crippen LogP contribution in [0, 0.1) is 0 Å². The van der Waals surface area contributed by atoms with E-state index >= 15 is 0 Å². The van der Waals surface area contributed by atoms with Gasteiger partial charge >= 0.3 is 0 Å². The normalized spacial score (nSPS) is 20.2. The molecule has 0 radical (unpaired) electrons. The van der Waals surface area contributed by atoms with Gasteiger partial charge in [-0.05, 0) is 42.5 Å². The minimum atomic E-state index is 0.310. The summed E-state index contributed by atoms with van der Waals surface area (Å²) in [5, 5.41) is 0. The topological polar surface area (TPSA) is 20.3 Å². The summed E-state index contributed by atoms with van der Waals surface area (Å²) in [6.45, 7) is 2.22. The number of carbonyl (C=O) groups is 1. The van der Waals surface area contributed by atoms with Gasteiger partial charge in [0.1, 0.15) is 0 Å². The predicted octanol–water partition coefficient (Wildman–Crippen LogP) is 3.22. The number of Topliss-reactive ketones (excluding diaryl/α,β-unsaturated/α-hetero) is 1. The number of hydrogen-bond acceptors (Lipinski definition) is 2. The molecule has 1 aromatic carbocycles. The monoisotopic (exact) mass is 217 g/mol. The van der Waals surface area contributed by atoms with Crippen LogP contribution in [0.1, 0.15) is 48.0 Å². The summed E-state index contributed by atoms with van der Waals surface area (Å²) in [5.74, 6) is 0.811. The summed E-state index contributed by atoms with van der Waals surface area (Å²) < 4.78 is 0. The summed E-state index contributed by atoms with van der Waals surface area (Å²) in [4.78, 5) is 14.0. The number of rotatable bonds is 1. The molecule has 2 heteroatoms. The fourth-order valence-corrected chi connectivity index (χ4v) is 2.35. The van der Waals surface area contributed by atoms with E-state index in [1.807, 2.05) is 26.2 Å². The van der Waals surface area contributed by atoms with E-state index in [2.05, 4.69) is 17.9 Å². The highest BCUT2D eigenvalue weighted by Gasteiger charge is 2.20. The zero-order chi connectivity index (χ0) is 11.7.